The van der Waals surface area contributed by atoms with E-state index in [0.717, 1.165) is 24.5 Å². The van der Waals surface area contributed by atoms with E-state index in [1.54, 1.807) is 12.1 Å². The molecule has 84 valence electrons. The molecule has 0 amide bonds. The summed E-state index contributed by atoms with van der Waals surface area (Å²) in [6.45, 7) is 5.06. The van der Waals surface area contributed by atoms with E-state index in [9.17, 15) is 5.11 Å². The first kappa shape index (κ1) is 10.9. The lowest BCUT2D eigenvalue weighted by molar-refractivity contribution is 0.0839. The van der Waals surface area contributed by atoms with Gasteiger partial charge in [0.25, 0.3) is 0 Å². The van der Waals surface area contributed by atoms with Crippen molar-refractivity contribution in [3.05, 3.63) is 23.4 Å². The molecule has 0 bridgehead atoms. The highest BCUT2D eigenvalue weighted by molar-refractivity contribution is 5.47. The van der Waals surface area contributed by atoms with Crippen molar-refractivity contribution in [2.75, 3.05) is 18.0 Å². The van der Waals surface area contributed by atoms with E-state index < -0.39 is 5.60 Å². The van der Waals surface area contributed by atoms with Gasteiger partial charge in [0.1, 0.15) is 5.82 Å². The Balaban J connectivity index is 2.29. The fourth-order valence-electron chi connectivity index (χ4n) is 2.02. The molecule has 0 saturated carbocycles. The molecule has 1 aliphatic heterocycles. The number of hydrogen-bond acceptors (Lipinski definition) is 4. The number of nitriles is 1. The topological polar surface area (TPSA) is 60.2 Å². The predicted molar refractivity (Wildman–Crippen MR) is 61.1 cm³/mol. The molecule has 1 aliphatic rings. The van der Waals surface area contributed by atoms with E-state index in [1.807, 2.05) is 18.7 Å². The van der Waals surface area contributed by atoms with Gasteiger partial charge in [-0.05, 0) is 32.4 Å². The zero-order valence-corrected chi connectivity index (χ0v) is 9.56. The first-order valence-corrected chi connectivity index (χ1v) is 5.36. The number of nitrogens with zero attached hydrogens (tertiary/aromatic N) is 3. The quantitative estimate of drug-likeness (QED) is 0.768. The largest absolute Gasteiger partial charge is 0.388 e. The SMILES string of the molecule is Cc1cc(C#N)cc(N2CCC(C)(O)C2)n1. The molecule has 0 aliphatic carbocycles. The Bertz CT molecular complexity index is 448. The number of β-amino-alcohol motifs (C(OH)–C–C–N with tert-alkyl or cyclic N) is 1. The van der Waals surface area contributed by atoms with Crippen LogP contribution < -0.4 is 4.90 Å². The van der Waals surface area contributed by atoms with E-state index in [2.05, 4.69) is 11.1 Å². The summed E-state index contributed by atoms with van der Waals surface area (Å²) in [5.41, 5.74) is 0.813. The van der Waals surface area contributed by atoms with Crippen LogP contribution in [0.5, 0.6) is 0 Å². The maximum atomic E-state index is 9.89. The number of rotatable bonds is 1. The fourth-order valence-corrected chi connectivity index (χ4v) is 2.02. The minimum absolute atomic E-state index is 0.578. The van der Waals surface area contributed by atoms with E-state index >= 15 is 0 Å². The second-order valence-electron chi connectivity index (χ2n) is 4.64. The van der Waals surface area contributed by atoms with Crippen molar-refractivity contribution >= 4 is 5.82 Å². The molecule has 4 nitrogen and oxygen atoms in total. The van der Waals surface area contributed by atoms with E-state index in [4.69, 9.17) is 5.26 Å². The van der Waals surface area contributed by atoms with Crippen LogP contribution in [0.25, 0.3) is 0 Å². The van der Waals surface area contributed by atoms with E-state index in [-0.39, 0.29) is 0 Å². The van der Waals surface area contributed by atoms with Gasteiger partial charge < -0.3 is 10.0 Å². The number of aryl methyl sites for hydroxylation is 1. The van der Waals surface area contributed by atoms with Crippen LogP contribution in [0.3, 0.4) is 0 Å². The molecule has 1 atom stereocenters. The van der Waals surface area contributed by atoms with Gasteiger partial charge in [-0.1, -0.05) is 0 Å². The van der Waals surface area contributed by atoms with Crippen LogP contribution >= 0.6 is 0 Å². The highest BCUT2D eigenvalue weighted by Gasteiger charge is 2.32. The summed E-state index contributed by atoms with van der Waals surface area (Å²) in [6.07, 6.45) is 0.741. The highest BCUT2D eigenvalue weighted by atomic mass is 16.3. The molecule has 0 radical (unpaired) electrons. The summed E-state index contributed by atoms with van der Waals surface area (Å²) in [5, 5.41) is 18.8. The highest BCUT2D eigenvalue weighted by Crippen LogP contribution is 2.25. The van der Waals surface area contributed by atoms with Crippen molar-refractivity contribution in [1.82, 2.24) is 4.98 Å². The zero-order valence-electron chi connectivity index (χ0n) is 9.56. The minimum Gasteiger partial charge on any atom is -0.388 e. The Morgan fingerprint density at radius 2 is 2.31 bits per heavy atom. The van der Waals surface area contributed by atoms with Gasteiger partial charge in [0.2, 0.25) is 0 Å². The third-order valence-electron chi connectivity index (χ3n) is 2.84. The standard InChI is InChI=1S/C12H15N3O/c1-9-5-10(7-13)6-11(14-9)15-4-3-12(2,16)8-15/h5-6,16H,3-4,8H2,1-2H3. The Labute approximate surface area is 95.1 Å². The molecule has 16 heavy (non-hydrogen) atoms. The van der Waals surface area contributed by atoms with Gasteiger partial charge in [-0.25, -0.2) is 4.98 Å². The molecule has 2 rings (SSSR count). The van der Waals surface area contributed by atoms with Crippen LogP contribution in [-0.4, -0.2) is 28.8 Å². The zero-order chi connectivity index (χ0) is 11.8. The molecule has 1 aromatic heterocycles. The lowest BCUT2D eigenvalue weighted by Gasteiger charge is -2.20. The Morgan fingerprint density at radius 3 is 2.88 bits per heavy atom. The van der Waals surface area contributed by atoms with Crippen LogP contribution in [0.2, 0.25) is 0 Å². The van der Waals surface area contributed by atoms with Crippen LogP contribution in [0.15, 0.2) is 12.1 Å². The third kappa shape index (κ3) is 2.15. The lowest BCUT2D eigenvalue weighted by atomic mass is 10.1. The smallest absolute Gasteiger partial charge is 0.130 e. The maximum absolute atomic E-state index is 9.89. The molecule has 1 aromatic rings. The molecule has 1 unspecified atom stereocenters. The van der Waals surface area contributed by atoms with Gasteiger partial charge in [0.15, 0.2) is 0 Å². The molecular formula is C12H15N3O. The van der Waals surface area contributed by atoms with Crippen molar-refractivity contribution in [2.45, 2.75) is 25.9 Å². The monoisotopic (exact) mass is 217 g/mol. The maximum Gasteiger partial charge on any atom is 0.130 e. The van der Waals surface area contributed by atoms with Gasteiger partial charge >= 0.3 is 0 Å². The number of hydrogen-bond donors (Lipinski definition) is 1. The molecule has 1 N–H and O–H groups in total. The molecule has 1 saturated heterocycles. The number of aromatic nitrogens is 1. The van der Waals surface area contributed by atoms with Crippen molar-refractivity contribution < 1.29 is 5.11 Å². The summed E-state index contributed by atoms with van der Waals surface area (Å²) < 4.78 is 0. The second-order valence-corrected chi connectivity index (χ2v) is 4.64. The van der Waals surface area contributed by atoms with E-state index in [1.165, 1.54) is 0 Å². The third-order valence-corrected chi connectivity index (χ3v) is 2.84. The van der Waals surface area contributed by atoms with Gasteiger partial charge in [-0.15, -0.1) is 0 Å². The van der Waals surface area contributed by atoms with Gasteiger partial charge in [-0.2, -0.15) is 5.26 Å². The minimum atomic E-state index is -0.641. The fraction of sp³-hybridized carbons (Fsp3) is 0.500. The first-order chi connectivity index (χ1) is 7.50. The molecular weight excluding hydrogens is 202 g/mol. The number of aliphatic hydroxyl groups is 1. The summed E-state index contributed by atoms with van der Waals surface area (Å²) in [4.78, 5) is 6.41. The number of pyridine rings is 1. The van der Waals surface area contributed by atoms with Gasteiger partial charge in [-0.3, -0.25) is 0 Å². The Kier molecular flexibility index (Phi) is 2.56. The lowest BCUT2D eigenvalue weighted by Crippen LogP contribution is -2.30. The molecule has 1 fully saturated rings. The summed E-state index contributed by atoms with van der Waals surface area (Å²) >= 11 is 0. The van der Waals surface area contributed by atoms with Crippen LogP contribution in [0.4, 0.5) is 5.82 Å². The van der Waals surface area contributed by atoms with Crippen molar-refractivity contribution in [2.24, 2.45) is 0 Å². The van der Waals surface area contributed by atoms with Crippen LogP contribution in [0.1, 0.15) is 24.6 Å². The molecule has 0 aromatic carbocycles. The van der Waals surface area contributed by atoms with Crippen molar-refractivity contribution in [1.29, 1.82) is 5.26 Å². The summed E-state index contributed by atoms with van der Waals surface area (Å²) in [7, 11) is 0. The average molecular weight is 217 g/mol. The normalized spacial score (nSPS) is 24.5. The molecule has 4 heteroatoms. The van der Waals surface area contributed by atoms with E-state index in [0.29, 0.717) is 12.1 Å². The van der Waals surface area contributed by atoms with Crippen molar-refractivity contribution in [3.8, 4) is 6.07 Å². The summed E-state index contributed by atoms with van der Waals surface area (Å²) in [6, 6.07) is 5.66. The van der Waals surface area contributed by atoms with Crippen molar-refractivity contribution in [3.63, 3.8) is 0 Å². The first-order valence-electron chi connectivity index (χ1n) is 5.36. The predicted octanol–water partition coefficient (Wildman–Crippen LogP) is 1.22. The molecule has 2 heterocycles. The van der Waals surface area contributed by atoms with Gasteiger partial charge in [0, 0.05) is 18.8 Å². The number of anilines is 1. The Hall–Kier alpha value is -1.60. The van der Waals surface area contributed by atoms with Crippen LogP contribution in [0, 0.1) is 18.3 Å². The van der Waals surface area contributed by atoms with Gasteiger partial charge in [0.05, 0.1) is 17.2 Å². The van der Waals surface area contributed by atoms with Crippen LogP contribution in [-0.2, 0) is 0 Å². The molecule has 0 spiro atoms. The summed E-state index contributed by atoms with van der Waals surface area (Å²) in [5.74, 6) is 0.786. The Morgan fingerprint density at radius 1 is 1.56 bits per heavy atom. The second kappa shape index (κ2) is 3.76. The average Bonchev–Trinajstić information content (AvgIpc) is 2.58.